The van der Waals surface area contributed by atoms with Crippen molar-refractivity contribution in [2.75, 3.05) is 13.1 Å². The lowest BCUT2D eigenvalue weighted by molar-refractivity contribution is -0.141. The molecule has 1 amide bonds. The number of hydrogen-bond acceptors (Lipinski definition) is 2. The van der Waals surface area contributed by atoms with Crippen LogP contribution in [0.25, 0.3) is 0 Å². The Kier molecular flexibility index (Phi) is 4.37. The van der Waals surface area contributed by atoms with Crippen LogP contribution < -0.4 is 0 Å². The van der Waals surface area contributed by atoms with E-state index in [1.807, 2.05) is 36.7 Å². The summed E-state index contributed by atoms with van der Waals surface area (Å²) >= 11 is 5.91. The minimum atomic E-state index is -0.881. The smallest absolute Gasteiger partial charge is 0.308 e. The Morgan fingerprint density at radius 3 is 2.33 bits per heavy atom. The van der Waals surface area contributed by atoms with Crippen LogP contribution in [0.1, 0.15) is 27.7 Å². The molecule has 0 saturated carbocycles. The Labute approximate surface area is 145 Å². The second kappa shape index (κ2) is 6.32. The number of carbonyl (C=O) groups is 2. The number of carbonyl (C=O) groups excluding carboxylic acids is 1. The van der Waals surface area contributed by atoms with Gasteiger partial charge in [-0.05, 0) is 36.8 Å². The molecular weight excluding hydrogens is 328 g/mol. The highest BCUT2D eigenvalue weighted by Crippen LogP contribution is 2.34. The lowest BCUT2D eigenvalue weighted by Gasteiger charge is -2.17. The van der Waals surface area contributed by atoms with Gasteiger partial charge in [-0.2, -0.15) is 0 Å². The maximum Gasteiger partial charge on any atom is 0.308 e. The molecule has 0 spiro atoms. The number of aliphatic carboxylic acids is 1. The molecule has 24 heavy (non-hydrogen) atoms. The number of halogens is 1. The maximum atomic E-state index is 12.8. The molecule has 1 saturated heterocycles. The van der Waals surface area contributed by atoms with Crippen molar-refractivity contribution in [2.24, 2.45) is 13.0 Å². The number of carboxylic acids is 1. The van der Waals surface area contributed by atoms with Gasteiger partial charge in [-0.3, -0.25) is 9.59 Å². The van der Waals surface area contributed by atoms with Gasteiger partial charge in [0.25, 0.3) is 5.91 Å². The number of rotatable bonds is 3. The summed E-state index contributed by atoms with van der Waals surface area (Å²) in [7, 11) is 1.84. The highest BCUT2D eigenvalue weighted by molar-refractivity contribution is 6.30. The number of nitrogens with zero attached hydrogens (tertiary/aromatic N) is 2. The molecule has 0 unspecified atom stereocenters. The van der Waals surface area contributed by atoms with Crippen molar-refractivity contribution in [3.63, 3.8) is 0 Å². The van der Waals surface area contributed by atoms with Gasteiger partial charge in [-0.15, -0.1) is 0 Å². The number of amides is 1. The van der Waals surface area contributed by atoms with Gasteiger partial charge in [0.05, 0.1) is 5.92 Å². The highest BCUT2D eigenvalue weighted by Gasteiger charge is 2.41. The van der Waals surface area contributed by atoms with Gasteiger partial charge in [0.2, 0.25) is 0 Å². The largest absolute Gasteiger partial charge is 0.481 e. The van der Waals surface area contributed by atoms with Crippen LogP contribution >= 0.6 is 11.6 Å². The summed E-state index contributed by atoms with van der Waals surface area (Å²) in [5, 5.41) is 10.2. The van der Waals surface area contributed by atoms with Gasteiger partial charge in [-0.1, -0.05) is 23.7 Å². The van der Waals surface area contributed by atoms with Crippen molar-refractivity contribution >= 4 is 23.5 Å². The first-order valence-corrected chi connectivity index (χ1v) is 8.16. The van der Waals surface area contributed by atoms with E-state index in [4.69, 9.17) is 11.6 Å². The van der Waals surface area contributed by atoms with Crippen molar-refractivity contribution in [3.05, 3.63) is 58.4 Å². The minimum Gasteiger partial charge on any atom is -0.481 e. The molecular formula is C18H19ClN2O3. The van der Waals surface area contributed by atoms with Crippen LogP contribution in [0.15, 0.2) is 36.4 Å². The monoisotopic (exact) mass is 346 g/mol. The Balaban J connectivity index is 1.87. The molecule has 2 atom stereocenters. The summed E-state index contributed by atoms with van der Waals surface area (Å²) in [6.07, 6.45) is 0. The molecule has 1 N–H and O–H groups in total. The molecule has 0 aliphatic carbocycles. The number of aryl methyl sites for hydroxylation is 1. The van der Waals surface area contributed by atoms with E-state index in [0.717, 1.165) is 11.3 Å². The van der Waals surface area contributed by atoms with Crippen LogP contribution in [0.2, 0.25) is 5.02 Å². The zero-order chi connectivity index (χ0) is 17.4. The fourth-order valence-corrected chi connectivity index (χ4v) is 3.38. The van der Waals surface area contributed by atoms with Crippen LogP contribution in [0.3, 0.4) is 0 Å². The second-order valence-electron chi connectivity index (χ2n) is 6.23. The first kappa shape index (κ1) is 16.6. The zero-order valence-corrected chi connectivity index (χ0v) is 14.3. The first-order valence-electron chi connectivity index (χ1n) is 7.78. The van der Waals surface area contributed by atoms with Gasteiger partial charge >= 0.3 is 5.97 Å². The molecule has 126 valence electrons. The van der Waals surface area contributed by atoms with E-state index in [1.165, 1.54) is 0 Å². The molecule has 2 aromatic rings. The topological polar surface area (TPSA) is 62.5 Å². The lowest BCUT2D eigenvalue weighted by atomic mass is 9.89. The fraction of sp³-hybridized carbons (Fsp3) is 0.333. The highest BCUT2D eigenvalue weighted by atomic mass is 35.5. The van der Waals surface area contributed by atoms with Crippen molar-refractivity contribution in [1.82, 2.24) is 9.47 Å². The third kappa shape index (κ3) is 2.91. The number of benzene rings is 1. The van der Waals surface area contributed by atoms with E-state index in [0.29, 0.717) is 17.3 Å². The molecule has 0 radical (unpaired) electrons. The van der Waals surface area contributed by atoms with Gasteiger partial charge in [0.1, 0.15) is 5.69 Å². The van der Waals surface area contributed by atoms with Gasteiger partial charge in [0.15, 0.2) is 0 Å². The van der Waals surface area contributed by atoms with E-state index >= 15 is 0 Å². The molecule has 0 bridgehead atoms. The molecule has 6 heteroatoms. The first-order chi connectivity index (χ1) is 11.4. The number of carboxylic acid groups (broad SMARTS) is 1. The summed E-state index contributed by atoms with van der Waals surface area (Å²) in [5.74, 6) is -1.86. The lowest BCUT2D eigenvalue weighted by Crippen LogP contribution is -2.31. The fourth-order valence-electron chi connectivity index (χ4n) is 3.26. The Hall–Kier alpha value is -2.27. The molecule has 2 heterocycles. The third-order valence-electron chi connectivity index (χ3n) is 4.81. The van der Waals surface area contributed by atoms with Crippen molar-refractivity contribution in [3.8, 4) is 0 Å². The van der Waals surface area contributed by atoms with E-state index < -0.39 is 11.9 Å². The van der Waals surface area contributed by atoms with E-state index in [9.17, 15) is 14.7 Å². The maximum absolute atomic E-state index is 12.8. The Morgan fingerprint density at radius 1 is 1.12 bits per heavy atom. The van der Waals surface area contributed by atoms with Crippen LogP contribution in [0, 0.1) is 12.8 Å². The summed E-state index contributed by atoms with van der Waals surface area (Å²) in [5.41, 5.74) is 2.46. The predicted molar refractivity (Wildman–Crippen MR) is 91.4 cm³/mol. The molecule has 1 aliphatic rings. The summed E-state index contributed by atoms with van der Waals surface area (Å²) in [4.78, 5) is 26.1. The molecule has 5 nitrogen and oxygen atoms in total. The molecule has 1 aromatic carbocycles. The number of aromatic nitrogens is 1. The van der Waals surface area contributed by atoms with Crippen LogP contribution in [0.4, 0.5) is 0 Å². The van der Waals surface area contributed by atoms with Crippen molar-refractivity contribution in [2.45, 2.75) is 12.8 Å². The zero-order valence-electron chi connectivity index (χ0n) is 13.6. The summed E-state index contributed by atoms with van der Waals surface area (Å²) < 4.78 is 1.83. The third-order valence-corrected chi connectivity index (χ3v) is 5.07. The minimum absolute atomic E-state index is 0.131. The van der Waals surface area contributed by atoms with E-state index in [-0.39, 0.29) is 18.4 Å². The Bertz CT molecular complexity index is 782. The van der Waals surface area contributed by atoms with Crippen LogP contribution in [-0.2, 0) is 11.8 Å². The van der Waals surface area contributed by atoms with Crippen molar-refractivity contribution in [1.29, 1.82) is 0 Å². The standard InChI is InChI=1S/C18H19ClN2O3/c1-11-3-8-16(20(11)2)17(22)21-9-14(15(10-21)18(23)24)12-4-6-13(19)7-5-12/h3-8,14-15H,9-10H2,1-2H3,(H,23,24)/t14-,15+/m0/s1. The van der Waals surface area contributed by atoms with Gasteiger partial charge in [-0.25, -0.2) is 0 Å². The average molecular weight is 347 g/mol. The van der Waals surface area contributed by atoms with Gasteiger partial charge in [0, 0.05) is 36.8 Å². The van der Waals surface area contributed by atoms with Crippen LogP contribution in [0.5, 0.6) is 0 Å². The molecule has 1 aliphatic heterocycles. The van der Waals surface area contributed by atoms with E-state index in [2.05, 4.69) is 0 Å². The number of likely N-dealkylation sites (tertiary alicyclic amines) is 1. The summed E-state index contributed by atoms with van der Waals surface area (Å²) in [6, 6.07) is 10.8. The molecule has 1 fully saturated rings. The van der Waals surface area contributed by atoms with Crippen LogP contribution in [-0.4, -0.2) is 39.5 Å². The normalized spacial score (nSPS) is 20.4. The second-order valence-corrected chi connectivity index (χ2v) is 6.67. The molecule has 3 rings (SSSR count). The summed E-state index contributed by atoms with van der Waals surface area (Å²) in [6.45, 7) is 2.53. The predicted octanol–water partition coefficient (Wildman–Crippen LogP) is 2.93. The van der Waals surface area contributed by atoms with E-state index in [1.54, 1.807) is 23.1 Å². The number of hydrogen-bond donors (Lipinski definition) is 1. The Morgan fingerprint density at radius 2 is 1.79 bits per heavy atom. The quantitative estimate of drug-likeness (QED) is 0.929. The SMILES string of the molecule is Cc1ccc(C(=O)N2C[C@@H](C(=O)O)[C@H](c3ccc(Cl)cc3)C2)n1C. The van der Waals surface area contributed by atoms with Gasteiger partial charge < -0.3 is 14.6 Å². The molecule has 1 aromatic heterocycles. The average Bonchev–Trinajstić information content (AvgIpc) is 3.13. The van der Waals surface area contributed by atoms with Crippen molar-refractivity contribution < 1.29 is 14.7 Å².